The van der Waals surface area contributed by atoms with Crippen molar-refractivity contribution in [2.45, 2.75) is 50.2 Å². The number of amides is 1. The van der Waals surface area contributed by atoms with Crippen LogP contribution in [0.15, 0.2) is 45.8 Å². The smallest absolute Gasteiger partial charge is 0.568 e. The summed E-state index contributed by atoms with van der Waals surface area (Å²) < 4.78 is 32.3. The summed E-state index contributed by atoms with van der Waals surface area (Å²) in [7, 11) is 1.27. The number of rotatable bonds is 9. The molecule has 0 aliphatic heterocycles. The summed E-state index contributed by atoms with van der Waals surface area (Å²) in [6, 6.07) is 11.8. The number of aryl methyl sites for hydroxylation is 2. The number of nitrogens with zero attached hydrogens (tertiary/aromatic N) is 4. The summed E-state index contributed by atoms with van der Waals surface area (Å²) in [5.74, 6) is 0.195. The van der Waals surface area contributed by atoms with Gasteiger partial charge in [0.1, 0.15) is 12.2 Å². The summed E-state index contributed by atoms with van der Waals surface area (Å²) in [5.41, 5.74) is 3.96. The number of aromatic nitrogens is 2. The second-order valence-corrected chi connectivity index (χ2v) is 11.4. The van der Waals surface area contributed by atoms with Crippen LogP contribution >= 0.6 is 0 Å². The zero-order valence-corrected chi connectivity index (χ0v) is 25.2. The van der Waals surface area contributed by atoms with Gasteiger partial charge >= 0.3 is 37.7 Å². The minimum Gasteiger partial charge on any atom is -0.568 e. The van der Waals surface area contributed by atoms with E-state index in [4.69, 9.17) is 6.58 Å². The Kier molecular flexibility index (Phi) is 13.9. The Balaban J connectivity index is 0.000000410. The molecular formula is C29H33FLi2N5O2S-3. The van der Waals surface area contributed by atoms with Gasteiger partial charge in [-0.2, -0.15) is 37.1 Å². The molecule has 204 valence electrons. The first-order valence-electron chi connectivity index (χ1n) is 12.2. The Bertz CT molecular complexity index is 1420. The summed E-state index contributed by atoms with van der Waals surface area (Å²) in [4.78, 5) is 13.2. The number of carbonyl (C=O) groups excluding carboxylic acids is 1. The molecule has 1 unspecified atom stereocenters. The summed E-state index contributed by atoms with van der Waals surface area (Å²) in [5, 5.41) is 7.80. The second-order valence-electron chi connectivity index (χ2n) is 8.76. The van der Waals surface area contributed by atoms with Gasteiger partial charge in [-0.3, -0.25) is 16.0 Å². The van der Waals surface area contributed by atoms with E-state index in [0.29, 0.717) is 34.7 Å². The number of hydrogen-bond donors (Lipinski definition) is 1. The van der Waals surface area contributed by atoms with E-state index >= 15 is 0 Å². The third-order valence-corrected chi connectivity index (χ3v) is 9.20. The maximum atomic E-state index is 13.9. The molecule has 1 amide bonds. The van der Waals surface area contributed by atoms with Crippen molar-refractivity contribution in [2.75, 3.05) is 24.3 Å². The first kappa shape index (κ1) is 35.6. The standard InChI is InChI=1S/C18H18FN3O.C11H15N2OS.2Li/c1-6-15-16(7-2)20-22(18(15)21(8-3)11-23)14-9-12(4)17(19)13(5)10-14;1-12-10-5-3-4-6-11(10)15(14,13-2)9-7-8-9;;/h3,6,8-10H,2,7H2,1,4-5H3;4-6,9,12H,7-8H2,1-2H3;;/q-4;-1;2*+1. The van der Waals surface area contributed by atoms with E-state index in [-0.39, 0.29) is 48.8 Å². The average molecular weight is 549 g/mol. The van der Waals surface area contributed by atoms with Gasteiger partial charge in [0.2, 0.25) is 0 Å². The van der Waals surface area contributed by atoms with E-state index in [2.05, 4.69) is 27.8 Å². The van der Waals surface area contributed by atoms with E-state index < -0.39 is 9.73 Å². The van der Waals surface area contributed by atoms with Crippen LogP contribution < -0.4 is 47.9 Å². The van der Waals surface area contributed by atoms with Crippen molar-refractivity contribution < 1.29 is 51.1 Å². The van der Waals surface area contributed by atoms with Crippen LogP contribution in [0.1, 0.15) is 42.1 Å². The molecule has 1 fully saturated rings. The Labute approximate surface area is 262 Å². The monoisotopic (exact) mass is 548 g/mol. The Hall–Kier alpha value is -2.40. The summed E-state index contributed by atoms with van der Waals surface area (Å²) >= 11 is 0. The zero-order chi connectivity index (χ0) is 28.0. The third kappa shape index (κ3) is 7.27. The molecule has 0 radical (unpaired) electrons. The van der Waals surface area contributed by atoms with E-state index in [1.807, 2.05) is 32.5 Å². The first-order valence-corrected chi connectivity index (χ1v) is 13.8. The average Bonchev–Trinajstić information content (AvgIpc) is 3.73. The number of benzene rings is 2. The van der Waals surface area contributed by atoms with Crippen molar-refractivity contribution in [1.82, 2.24) is 9.78 Å². The normalized spacial score (nSPS) is 13.3. The van der Waals surface area contributed by atoms with E-state index in [1.54, 1.807) is 50.2 Å². The second kappa shape index (κ2) is 15.6. The topological polar surface area (TPSA) is 79.6 Å². The van der Waals surface area contributed by atoms with Crippen LogP contribution in [-0.4, -0.2) is 39.7 Å². The molecule has 1 N–H and O–H groups in total. The quantitative estimate of drug-likeness (QED) is 0.223. The van der Waals surface area contributed by atoms with Crippen molar-refractivity contribution in [2.24, 2.45) is 4.36 Å². The fourth-order valence-corrected chi connectivity index (χ4v) is 6.60. The molecule has 11 heteroatoms. The van der Waals surface area contributed by atoms with Gasteiger partial charge in [-0.25, -0.2) is 13.0 Å². The van der Waals surface area contributed by atoms with Gasteiger partial charge < -0.3 is 28.5 Å². The molecule has 0 saturated heterocycles. The molecule has 7 nitrogen and oxygen atoms in total. The van der Waals surface area contributed by atoms with Gasteiger partial charge in [-0.05, 0) is 61.9 Å². The molecule has 4 rings (SSSR count). The van der Waals surface area contributed by atoms with Gasteiger partial charge in [-0.1, -0.05) is 18.3 Å². The van der Waals surface area contributed by atoms with Crippen molar-refractivity contribution in [3.05, 3.63) is 90.7 Å². The van der Waals surface area contributed by atoms with Gasteiger partial charge in [0.15, 0.2) is 0 Å². The fraction of sp³-hybridized carbons (Fsp3) is 0.310. The van der Waals surface area contributed by atoms with Crippen molar-refractivity contribution >= 4 is 27.6 Å². The van der Waals surface area contributed by atoms with Crippen molar-refractivity contribution in [1.29, 1.82) is 0 Å². The SMILES string of the molecule is CN=S(=O)(c1cc[c-]cc1NC)C1CC1.[CH-]=CN([C-]=O)c1c([CH-]C)c(C[CH2-])nn1-c1cc(C)c(F)c(C)c1.[Li+].[Li+]. The Morgan fingerprint density at radius 2 is 2.00 bits per heavy atom. The number of hydrogen-bond acceptors (Lipinski definition) is 5. The molecule has 1 aliphatic carbocycles. The minimum atomic E-state index is -2.21. The Morgan fingerprint density at radius 3 is 2.45 bits per heavy atom. The van der Waals surface area contributed by atoms with E-state index in [0.717, 1.165) is 40.1 Å². The van der Waals surface area contributed by atoms with Crippen molar-refractivity contribution in [3.8, 4) is 5.69 Å². The molecule has 1 aromatic heterocycles. The van der Waals surface area contributed by atoms with Gasteiger partial charge in [0.05, 0.1) is 15.4 Å². The molecule has 2 aromatic carbocycles. The molecule has 1 atom stereocenters. The largest absolute Gasteiger partial charge is 1.00 e. The number of anilines is 2. The van der Waals surface area contributed by atoms with Crippen LogP contribution in [0, 0.1) is 45.7 Å². The van der Waals surface area contributed by atoms with Crippen LogP contribution in [0.4, 0.5) is 15.9 Å². The molecule has 1 heterocycles. The molecule has 1 saturated carbocycles. The van der Waals surface area contributed by atoms with Crippen LogP contribution in [0.3, 0.4) is 0 Å². The molecular weight excluding hydrogens is 515 g/mol. The molecule has 40 heavy (non-hydrogen) atoms. The third-order valence-electron chi connectivity index (χ3n) is 6.30. The minimum absolute atomic E-state index is 0. The number of halogens is 1. The van der Waals surface area contributed by atoms with Crippen LogP contribution in [0.2, 0.25) is 0 Å². The van der Waals surface area contributed by atoms with Crippen LogP contribution in [0.25, 0.3) is 5.69 Å². The van der Waals surface area contributed by atoms with Crippen molar-refractivity contribution in [3.63, 3.8) is 0 Å². The number of nitrogens with one attached hydrogen (secondary N) is 1. The molecule has 3 aromatic rings. The maximum Gasteiger partial charge on any atom is 1.00 e. The summed E-state index contributed by atoms with van der Waals surface area (Å²) in [6.45, 7) is 14.6. The zero-order valence-electron chi connectivity index (χ0n) is 24.4. The van der Waals surface area contributed by atoms with E-state index in [1.165, 1.54) is 0 Å². The van der Waals surface area contributed by atoms with Gasteiger partial charge in [0.25, 0.3) is 0 Å². The predicted molar refractivity (Wildman–Crippen MR) is 151 cm³/mol. The van der Waals surface area contributed by atoms with Gasteiger partial charge in [0, 0.05) is 18.1 Å². The predicted octanol–water partition coefficient (Wildman–Crippen LogP) is -0.447. The van der Waals surface area contributed by atoms with E-state index in [9.17, 15) is 13.4 Å². The maximum absolute atomic E-state index is 13.9. The molecule has 1 aliphatic rings. The van der Waals surface area contributed by atoms with Gasteiger partial charge in [-0.15, -0.1) is 5.56 Å². The molecule has 0 bridgehead atoms. The van der Waals surface area contributed by atoms with Crippen LogP contribution in [-0.2, 0) is 20.9 Å². The summed E-state index contributed by atoms with van der Waals surface area (Å²) in [6.07, 6.45) is 7.19. The first-order chi connectivity index (χ1) is 18.2. The molecule has 0 spiro atoms. The van der Waals surface area contributed by atoms with Crippen LogP contribution in [0.5, 0.6) is 0 Å². The Morgan fingerprint density at radius 1 is 1.38 bits per heavy atom. The fourth-order valence-electron chi connectivity index (χ4n) is 4.23.